The molecule has 2 aromatic rings. The first-order valence-corrected chi connectivity index (χ1v) is 9.30. The van der Waals surface area contributed by atoms with E-state index < -0.39 is 18.0 Å². The van der Waals surface area contributed by atoms with Crippen molar-refractivity contribution < 1.29 is 14.4 Å². The zero-order chi connectivity index (χ0) is 20.5. The van der Waals surface area contributed by atoms with Crippen LogP contribution in [0.1, 0.15) is 25.0 Å². The van der Waals surface area contributed by atoms with Crippen LogP contribution in [0, 0.1) is 6.92 Å². The molecule has 0 aliphatic carbocycles. The Morgan fingerprint density at radius 3 is 2.25 bits per heavy atom. The fourth-order valence-corrected chi connectivity index (χ4v) is 2.75. The molecule has 0 aliphatic rings. The van der Waals surface area contributed by atoms with Crippen LogP contribution in [-0.4, -0.2) is 36.2 Å². The van der Waals surface area contributed by atoms with Gasteiger partial charge in [-0.3, -0.25) is 14.4 Å². The summed E-state index contributed by atoms with van der Waals surface area (Å²) in [5.74, 6) is -0.813. The molecule has 0 aliphatic heterocycles. The van der Waals surface area contributed by atoms with Crippen molar-refractivity contribution in [3.05, 3.63) is 65.7 Å². The van der Waals surface area contributed by atoms with Crippen LogP contribution in [0.2, 0.25) is 0 Å². The van der Waals surface area contributed by atoms with Gasteiger partial charge in [-0.2, -0.15) is 0 Å². The Hall–Kier alpha value is -3.15. The highest BCUT2D eigenvalue weighted by Gasteiger charge is 2.19. The second-order valence-electron chi connectivity index (χ2n) is 6.82. The van der Waals surface area contributed by atoms with E-state index in [-0.39, 0.29) is 18.2 Å². The molecule has 0 spiro atoms. The zero-order valence-corrected chi connectivity index (χ0v) is 16.5. The summed E-state index contributed by atoms with van der Waals surface area (Å²) >= 11 is 0. The Morgan fingerprint density at radius 1 is 0.964 bits per heavy atom. The first-order valence-electron chi connectivity index (χ1n) is 9.30. The van der Waals surface area contributed by atoms with Gasteiger partial charge in [0.25, 0.3) is 0 Å². The van der Waals surface area contributed by atoms with E-state index >= 15 is 0 Å². The number of amides is 2. The van der Waals surface area contributed by atoms with E-state index in [1.165, 1.54) is 6.92 Å². The lowest BCUT2D eigenvalue weighted by atomic mass is 10.0. The number of carbonyl (C=O) groups is 3. The van der Waals surface area contributed by atoms with Crippen molar-refractivity contribution in [2.75, 3.05) is 11.9 Å². The number of Topliss-reactive ketones (excluding diaryl/α,β-unsaturated/α-hetero) is 1. The highest BCUT2D eigenvalue weighted by molar-refractivity contribution is 5.91. The molecule has 2 aromatic carbocycles. The molecular weight excluding hydrogens is 354 g/mol. The fraction of sp³-hybridized carbons (Fsp3) is 0.318. The zero-order valence-electron chi connectivity index (χ0n) is 16.5. The summed E-state index contributed by atoms with van der Waals surface area (Å²) in [6, 6.07) is 16.0. The highest BCUT2D eigenvalue weighted by atomic mass is 16.2. The van der Waals surface area contributed by atoms with Crippen LogP contribution >= 0.6 is 0 Å². The fourth-order valence-electron chi connectivity index (χ4n) is 2.75. The van der Waals surface area contributed by atoms with E-state index in [4.69, 9.17) is 0 Å². The Kier molecular flexibility index (Phi) is 7.75. The topological polar surface area (TPSA) is 87.3 Å². The summed E-state index contributed by atoms with van der Waals surface area (Å²) in [4.78, 5) is 36.3. The van der Waals surface area contributed by atoms with Crippen LogP contribution in [0.25, 0.3) is 0 Å². The molecule has 28 heavy (non-hydrogen) atoms. The number of para-hydroxylation sites is 1. The molecule has 2 rings (SSSR count). The van der Waals surface area contributed by atoms with E-state index in [0.717, 1.165) is 16.8 Å². The molecule has 0 aromatic heterocycles. The predicted molar refractivity (Wildman–Crippen MR) is 110 cm³/mol. The van der Waals surface area contributed by atoms with Crippen molar-refractivity contribution in [1.82, 2.24) is 10.6 Å². The number of benzene rings is 2. The molecule has 0 unspecified atom stereocenters. The minimum Gasteiger partial charge on any atom is -0.374 e. The summed E-state index contributed by atoms with van der Waals surface area (Å²) in [5, 5.41) is 8.43. The number of ketones is 1. The van der Waals surface area contributed by atoms with Gasteiger partial charge < -0.3 is 16.0 Å². The number of hydrogen-bond acceptors (Lipinski definition) is 4. The first kappa shape index (κ1) is 21.2. The molecule has 2 amide bonds. The molecule has 0 saturated heterocycles. The number of aryl methyl sites for hydroxylation is 1. The van der Waals surface area contributed by atoms with Crippen molar-refractivity contribution in [2.24, 2.45) is 0 Å². The number of rotatable bonds is 9. The lowest BCUT2D eigenvalue weighted by molar-refractivity contribution is -0.128. The van der Waals surface area contributed by atoms with Crippen LogP contribution in [0.3, 0.4) is 0 Å². The van der Waals surface area contributed by atoms with Gasteiger partial charge in [0, 0.05) is 5.69 Å². The molecule has 0 fully saturated rings. The molecule has 0 heterocycles. The van der Waals surface area contributed by atoms with Gasteiger partial charge in [0.1, 0.15) is 6.04 Å². The Balaban J connectivity index is 1.83. The standard InChI is InChI=1S/C22H27N3O3/c1-15-9-7-8-12-19(15)24-16(2)22(28)23-14-21(27)25-20(17(3)26)13-18-10-5-4-6-11-18/h4-12,16,20,24H,13-14H2,1-3H3,(H,23,28)(H,25,27)/t16-,20-/m0/s1. The number of anilines is 1. The van der Waals surface area contributed by atoms with E-state index in [1.807, 2.05) is 61.5 Å². The normalized spacial score (nSPS) is 12.5. The van der Waals surface area contributed by atoms with Crippen LogP contribution < -0.4 is 16.0 Å². The molecule has 3 N–H and O–H groups in total. The van der Waals surface area contributed by atoms with Crippen molar-refractivity contribution in [3.8, 4) is 0 Å². The predicted octanol–water partition coefficient (Wildman–Crippen LogP) is 2.23. The van der Waals surface area contributed by atoms with Gasteiger partial charge in [0.15, 0.2) is 5.78 Å². The highest BCUT2D eigenvalue weighted by Crippen LogP contribution is 2.14. The SMILES string of the molecule is CC(=O)[C@H](Cc1ccccc1)NC(=O)CNC(=O)[C@H](C)Nc1ccccc1C. The van der Waals surface area contributed by atoms with Crippen molar-refractivity contribution >= 4 is 23.3 Å². The third-order valence-corrected chi connectivity index (χ3v) is 4.44. The van der Waals surface area contributed by atoms with Crippen molar-refractivity contribution in [3.63, 3.8) is 0 Å². The van der Waals surface area contributed by atoms with E-state index in [2.05, 4.69) is 16.0 Å². The Labute approximate surface area is 165 Å². The smallest absolute Gasteiger partial charge is 0.242 e. The average molecular weight is 381 g/mol. The van der Waals surface area contributed by atoms with Gasteiger partial charge in [0.05, 0.1) is 12.6 Å². The van der Waals surface area contributed by atoms with Crippen LogP contribution in [-0.2, 0) is 20.8 Å². The van der Waals surface area contributed by atoms with Gasteiger partial charge in [-0.1, -0.05) is 48.5 Å². The Bertz CT molecular complexity index is 821. The van der Waals surface area contributed by atoms with Gasteiger partial charge in [-0.25, -0.2) is 0 Å². The van der Waals surface area contributed by atoms with Crippen molar-refractivity contribution in [2.45, 2.75) is 39.3 Å². The minimum atomic E-state index is -0.616. The molecule has 148 valence electrons. The van der Waals surface area contributed by atoms with E-state index in [1.54, 1.807) is 6.92 Å². The largest absolute Gasteiger partial charge is 0.374 e. The van der Waals surface area contributed by atoms with Gasteiger partial charge >= 0.3 is 0 Å². The third-order valence-electron chi connectivity index (χ3n) is 4.44. The maximum atomic E-state index is 12.3. The summed E-state index contributed by atoms with van der Waals surface area (Å²) in [6.07, 6.45) is 0.418. The quantitative estimate of drug-likeness (QED) is 0.622. The Morgan fingerprint density at radius 2 is 1.61 bits per heavy atom. The van der Waals surface area contributed by atoms with Gasteiger partial charge in [0.2, 0.25) is 11.8 Å². The van der Waals surface area contributed by atoms with Crippen LogP contribution in [0.15, 0.2) is 54.6 Å². The first-order chi connectivity index (χ1) is 13.4. The lowest BCUT2D eigenvalue weighted by Crippen LogP contribution is -2.48. The molecule has 0 radical (unpaired) electrons. The summed E-state index contributed by atoms with van der Waals surface area (Å²) in [7, 11) is 0. The second-order valence-corrected chi connectivity index (χ2v) is 6.82. The molecule has 0 saturated carbocycles. The summed E-state index contributed by atoms with van der Waals surface area (Å²) < 4.78 is 0. The van der Waals surface area contributed by atoms with Gasteiger partial charge in [-0.05, 0) is 44.4 Å². The summed E-state index contributed by atoms with van der Waals surface area (Å²) in [5.41, 5.74) is 2.86. The van der Waals surface area contributed by atoms with Gasteiger partial charge in [-0.15, -0.1) is 0 Å². The molecule has 2 atom stereocenters. The number of hydrogen-bond donors (Lipinski definition) is 3. The third kappa shape index (κ3) is 6.54. The molecule has 6 heteroatoms. The monoisotopic (exact) mass is 381 g/mol. The molecular formula is C22H27N3O3. The maximum absolute atomic E-state index is 12.3. The van der Waals surface area contributed by atoms with E-state index in [0.29, 0.717) is 6.42 Å². The number of nitrogens with one attached hydrogen (secondary N) is 3. The van der Waals surface area contributed by atoms with Crippen molar-refractivity contribution in [1.29, 1.82) is 0 Å². The van der Waals surface area contributed by atoms with Crippen LogP contribution in [0.5, 0.6) is 0 Å². The maximum Gasteiger partial charge on any atom is 0.242 e. The summed E-state index contributed by atoms with van der Waals surface area (Å²) in [6.45, 7) is 4.94. The molecule has 6 nitrogen and oxygen atoms in total. The van der Waals surface area contributed by atoms with Crippen LogP contribution in [0.4, 0.5) is 5.69 Å². The minimum absolute atomic E-state index is 0.127. The number of carbonyl (C=O) groups excluding carboxylic acids is 3. The van der Waals surface area contributed by atoms with E-state index in [9.17, 15) is 14.4 Å². The molecule has 0 bridgehead atoms. The lowest BCUT2D eigenvalue weighted by Gasteiger charge is -2.18. The second kappa shape index (κ2) is 10.3. The average Bonchev–Trinajstić information content (AvgIpc) is 2.68.